The van der Waals surface area contributed by atoms with Crippen LogP contribution in [0.1, 0.15) is 271 Å². The van der Waals surface area contributed by atoms with Crippen molar-refractivity contribution in [2.75, 3.05) is 13.2 Å². The first-order valence-corrected chi connectivity index (χ1v) is 26.0. The quantitative estimate of drug-likeness (QED) is 0.0263. The second-order valence-corrected chi connectivity index (χ2v) is 17.4. The van der Waals surface area contributed by atoms with E-state index in [4.69, 9.17) is 14.2 Å². The molecule has 0 aromatic carbocycles. The number of unbranched alkanes of at least 4 members (excludes halogenated alkanes) is 30. The molecule has 6 nitrogen and oxygen atoms in total. The fourth-order valence-corrected chi connectivity index (χ4v) is 7.52. The normalized spacial score (nSPS) is 12.2. The van der Waals surface area contributed by atoms with Gasteiger partial charge in [-0.2, -0.15) is 0 Å². The van der Waals surface area contributed by atoms with E-state index in [0.717, 1.165) is 89.9 Å². The van der Waals surface area contributed by atoms with Gasteiger partial charge in [0.15, 0.2) is 6.10 Å². The molecule has 0 aromatic rings. The predicted octanol–water partition coefficient (Wildman–Crippen LogP) is 16.9. The smallest absolute Gasteiger partial charge is 0.306 e. The van der Waals surface area contributed by atoms with Crippen molar-refractivity contribution in [1.82, 2.24) is 0 Å². The molecule has 0 aliphatic rings. The summed E-state index contributed by atoms with van der Waals surface area (Å²) in [6, 6.07) is 0. The maximum Gasteiger partial charge on any atom is 0.306 e. The summed E-state index contributed by atoms with van der Waals surface area (Å²) >= 11 is 0. The zero-order valence-electron chi connectivity index (χ0n) is 40.0. The van der Waals surface area contributed by atoms with E-state index in [1.54, 1.807) is 0 Å². The largest absolute Gasteiger partial charge is 0.462 e. The average molecular weight is 843 g/mol. The van der Waals surface area contributed by atoms with Crippen molar-refractivity contribution in [2.45, 2.75) is 277 Å². The van der Waals surface area contributed by atoms with Crippen LogP contribution >= 0.6 is 0 Å². The molecule has 0 N–H and O–H groups in total. The second kappa shape index (κ2) is 49.3. The summed E-state index contributed by atoms with van der Waals surface area (Å²) < 4.78 is 16.8. The molecule has 0 saturated carbocycles. The molecule has 60 heavy (non-hydrogen) atoms. The van der Waals surface area contributed by atoms with Crippen LogP contribution in [-0.2, 0) is 28.6 Å². The van der Waals surface area contributed by atoms with Gasteiger partial charge in [-0.05, 0) is 51.4 Å². The molecule has 6 heteroatoms. The minimum Gasteiger partial charge on any atom is -0.462 e. The van der Waals surface area contributed by atoms with Crippen LogP contribution in [0.15, 0.2) is 36.5 Å². The molecule has 0 aliphatic carbocycles. The first-order chi connectivity index (χ1) is 29.5. The van der Waals surface area contributed by atoms with E-state index in [9.17, 15) is 14.4 Å². The van der Waals surface area contributed by atoms with E-state index in [1.165, 1.54) is 141 Å². The minimum atomic E-state index is -0.778. The lowest BCUT2D eigenvalue weighted by Crippen LogP contribution is -2.30. The molecule has 0 aliphatic heterocycles. The Kier molecular flexibility index (Phi) is 47.3. The van der Waals surface area contributed by atoms with E-state index in [-0.39, 0.29) is 31.1 Å². The van der Waals surface area contributed by atoms with Gasteiger partial charge in [-0.25, -0.2) is 0 Å². The summed E-state index contributed by atoms with van der Waals surface area (Å²) in [5.74, 6) is -0.888. The molecule has 0 heterocycles. The lowest BCUT2D eigenvalue weighted by Gasteiger charge is -2.18. The number of hydrogen-bond acceptors (Lipinski definition) is 6. The van der Waals surface area contributed by atoms with Gasteiger partial charge in [-0.1, -0.05) is 237 Å². The summed E-state index contributed by atoms with van der Waals surface area (Å²) in [6.07, 6.45) is 57.0. The highest BCUT2D eigenvalue weighted by molar-refractivity contribution is 5.71. The Balaban J connectivity index is 4.34. The summed E-state index contributed by atoms with van der Waals surface area (Å²) in [4.78, 5) is 37.9. The van der Waals surface area contributed by atoms with Gasteiger partial charge < -0.3 is 14.2 Å². The number of rotatable bonds is 47. The van der Waals surface area contributed by atoms with Crippen LogP contribution < -0.4 is 0 Å². The second-order valence-electron chi connectivity index (χ2n) is 17.4. The van der Waals surface area contributed by atoms with Gasteiger partial charge >= 0.3 is 17.9 Å². The van der Waals surface area contributed by atoms with E-state index in [0.29, 0.717) is 19.3 Å². The van der Waals surface area contributed by atoms with Gasteiger partial charge in [-0.15, -0.1) is 0 Å². The number of allylic oxidation sites excluding steroid dienone is 6. The molecule has 1 atom stereocenters. The Hall–Kier alpha value is -2.37. The van der Waals surface area contributed by atoms with Gasteiger partial charge in [0.1, 0.15) is 13.2 Å². The summed E-state index contributed by atoms with van der Waals surface area (Å²) in [5, 5.41) is 0. The standard InChI is InChI=1S/C54H98O6/c1-4-7-10-13-16-19-22-24-26-27-28-30-32-35-38-41-44-47-53(56)59-50-51(49-58-52(55)46-43-40-37-34-31-21-18-15-12-9-6-3)60-54(57)48-45-42-39-36-33-29-25-23-20-17-14-11-8-5-2/h8,11,17,20,25,29,51H,4-7,9-10,12-16,18-19,21-24,26-28,30-50H2,1-3H3/b11-8-,20-17-,29-25-. The zero-order valence-corrected chi connectivity index (χ0v) is 40.0. The highest BCUT2D eigenvalue weighted by atomic mass is 16.6. The van der Waals surface area contributed by atoms with Gasteiger partial charge in [-0.3, -0.25) is 14.4 Å². The molecule has 1 unspecified atom stereocenters. The molecule has 0 rings (SSSR count). The maximum atomic E-state index is 12.8. The van der Waals surface area contributed by atoms with Crippen molar-refractivity contribution in [2.24, 2.45) is 0 Å². The predicted molar refractivity (Wildman–Crippen MR) is 256 cm³/mol. The monoisotopic (exact) mass is 843 g/mol. The van der Waals surface area contributed by atoms with Crippen LogP contribution in [0.4, 0.5) is 0 Å². The van der Waals surface area contributed by atoms with Crippen molar-refractivity contribution in [3.8, 4) is 0 Å². The number of carbonyl (C=O) groups is 3. The third-order valence-corrected chi connectivity index (χ3v) is 11.4. The Morgan fingerprint density at radius 3 is 1.02 bits per heavy atom. The van der Waals surface area contributed by atoms with Crippen LogP contribution in [0.25, 0.3) is 0 Å². The summed E-state index contributed by atoms with van der Waals surface area (Å²) in [5.41, 5.74) is 0. The van der Waals surface area contributed by atoms with E-state index in [1.807, 2.05) is 0 Å². The van der Waals surface area contributed by atoms with E-state index < -0.39 is 6.10 Å². The Morgan fingerprint density at radius 1 is 0.350 bits per heavy atom. The Morgan fingerprint density at radius 2 is 0.650 bits per heavy atom. The van der Waals surface area contributed by atoms with Crippen LogP contribution in [0, 0.1) is 0 Å². The number of esters is 3. The molecule has 0 fully saturated rings. The molecular weight excluding hydrogens is 745 g/mol. The molecule has 0 saturated heterocycles. The summed E-state index contributed by atoms with van der Waals surface area (Å²) in [6.45, 7) is 6.53. The van der Waals surface area contributed by atoms with Crippen molar-refractivity contribution in [3.63, 3.8) is 0 Å². The fourth-order valence-electron chi connectivity index (χ4n) is 7.52. The van der Waals surface area contributed by atoms with Gasteiger partial charge in [0.25, 0.3) is 0 Å². The van der Waals surface area contributed by atoms with Crippen molar-refractivity contribution < 1.29 is 28.6 Å². The molecule has 0 radical (unpaired) electrons. The first-order valence-electron chi connectivity index (χ1n) is 26.0. The molecule has 0 amide bonds. The van der Waals surface area contributed by atoms with Gasteiger partial charge in [0.2, 0.25) is 0 Å². The van der Waals surface area contributed by atoms with Gasteiger partial charge in [0.05, 0.1) is 0 Å². The number of hydrogen-bond donors (Lipinski definition) is 0. The van der Waals surface area contributed by atoms with Gasteiger partial charge in [0, 0.05) is 19.3 Å². The van der Waals surface area contributed by atoms with E-state index >= 15 is 0 Å². The summed E-state index contributed by atoms with van der Waals surface area (Å²) in [7, 11) is 0. The van der Waals surface area contributed by atoms with Crippen LogP contribution in [0.2, 0.25) is 0 Å². The molecule has 0 spiro atoms. The third kappa shape index (κ3) is 46.7. The number of ether oxygens (including phenoxy) is 3. The Bertz CT molecular complexity index is 1020. The average Bonchev–Trinajstić information content (AvgIpc) is 3.24. The van der Waals surface area contributed by atoms with Crippen LogP contribution in [0.5, 0.6) is 0 Å². The lowest BCUT2D eigenvalue weighted by molar-refractivity contribution is -0.167. The van der Waals surface area contributed by atoms with Crippen LogP contribution in [0.3, 0.4) is 0 Å². The molecule has 350 valence electrons. The fraction of sp³-hybridized carbons (Fsp3) is 0.833. The lowest BCUT2D eigenvalue weighted by atomic mass is 10.0. The third-order valence-electron chi connectivity index (χ3n) is 11.4. The number of carbonyl (C=O) groups excluding carboxylic acids is 3. The maximum absolute atomic E-state index is 12.8. The molecule has 0 aromatic heterocycles. The highest BCUT2D eigenvalue weighted by Gasteiger charge is 2.19. The van der Waals surface area contributed by atoms with Crippen LogP contribution in [-0.4, -0.2) is 37.2 Å². The SMILES string of the molecule is CC/C=C\C/C=C\C/C=C\CCCCCCC(=O)OC(COC(=O)CCCCCCCCCCCCC)COC(=O)CCCCCCCCCCCCCCCCCCC. The zero-order chi connectivity index (χ0) is 43.7. The molecular formula is C54H98O6. The van der Waals surface area contributed by atoms with Crippen molar-refractivity contribution in [1.29, 1.82) is 0 Å². The Labute approximate surface area is 372 Å². The van der Waals surface area contributed by atoms with Crippen molar-refractivity contribution >= 4 is 17.9 Å². The van der Waals surface area contributed by atoms with Crippen molar-refractivity contribution in [3.05, 3.63) is 36.5 Å². The minimum absolute atomic E-state index is 0.0772. The highest BCUT2D eigenvalue weighted by Crippen LogP contribution is 2.16. The topological polar surface area (TPSA) is 78.9 Å². The first kappa shape index (κ1) is 57.6. The molecule has 0 bridgehead atoms. The van der Waals surface area contributed by atoms with E-state index in [2.05, 4.69) is 57.2 Å².